The number of nitrogens with zero attached hydrogens (tertiary/aromatic N) is 3. The third-order valence-corrected chi connectivity index (χ3v) is 5.59. The van der Waals surface area contributed by atoms with Gasteiger partial charge in [0.25, 0.3) is 0 Å². The number of benzene rings is 1. The lowest BCUT2D eigenvalue weighted by Gasteiger charge is -2.12. The first-order valence-electron chi connectivity index (χ1n) is 4.81. The van der Waals surface area contributed by atoms with E-state index in [9.17, 15) is 9.67 Å². The largest absolute Gasteiger partial charge is 0.512 e. The third-order valence-electron chi connectivity index (χ3n) is 2.58. The van der Waals surface area contributed by atoms with Crippen molar-refractivity contribution < 1.29 is 9.67 Å². The number of azide groups is 1. The van der Waals surface area contributed by atoms with Crippen molar-refractivity contribution in [2.75, 3.05) is 6.16 Å². The van der Waals surface area contributed by atoms with Gasteiger partial charge in [0.05, 0.1) is 0 Å². The van der Waals surface area contributed by atoms with Crippen molar-refractivity contribution in [2.24, 2.45) is 5.11 Å². The summed E-state index contributed by atoms with van der Waals surface area (Å²) in [7, 11) is -2.90. The van der Waals surface area contributed by atoms with Gasteiger partial charge in [0.1, 0.15) is 18.3 Å². The highest BCUT2D eigenvalue weighted by Crippen LogP contribution is 2.59. The molecule has 1 unspecified atom stereocenters. The second-order valence-electron chi connectivity index (χ2n) is 3.51. The van der Waals surface area contributed by atoms with E-state index in [1.54, 1.807) is 24.3 Å². The molecule has 0 radical (unpaired) electrons. The van der Waals surface area contributed by atoms with Gasteiger partial charge in [-0.05, 0) is 5.53 Å². The first-order valence-corrected chi connectivity index (χ1v) is 6.70. The Labute approximate surface area is 92.4 Å². The Morgan fingerprint density at radius 3 is 2.69 bits per heavy atom. The molecule has 82 valence electrons. The van der Waals surface area contributed by atoms with Crippen LogP contribution in [0.15, 0.2) is 46.6 Å². The average molecular weight is 235 g/mol. The van der Waals surface area contributed by atoms with Crippen molar-refractivity contribution >= 4 is 12.4 Å². The number of hydrogen-bond donors (Lipinski definition) is 1. The molecule has 16 heavy (non-hydrogen) atoms. The summed E-state index contributed by atoms with van der Waals surface area (Å²) in [6, 6.07) is 8.83. The molecule has 5 nitrogen and oxygen atoms in total. The molecule has 1 aliphatic heterocycles. The number of aliphatic hydroxyl groups is 1. The van der Waals surface area contributed by atoms with Gasteiger partial charge in [-0.25, -0.2) is 0 Å². The smallest absolute Gasteiger partial charge is 0.149 e. The first kappa shape index (κ1) is 10.8. The summed E-state index contributed by atoms with van der Waals surface area (Å²) in [5.41, 5.74) is 8.43. The highest BCUT2D eigenvalue weighted by molar-refractivity contribution is 7.75. The maximum absolute atomic E-state index is 12.7. The standard InChI is InChI=1S/C10H10N3O2P/c11-13-12-10-9(14)6-7-16(10,15)8-4-2-1-3-5-8/h1-5,14H,6-7H2. The molecule has 0 saturated heterocycles. The molecule has 0 spiro atoms. The summed E-state index contributed by atoms with van der Waals surface area (Å²) in [5.74, 6) is -0.0509. The Hall–Kier alpha value is -1.70. The second kappa shape index (κ2) is 4.05. The molecule has 1 aromatic rings. The number of hydrogen-bond acceptors (Lipinski definition) is 3. The molecule has 1 heterocycles. The second-order valence-corrected chi connectivity index (χ2v) is 6.38. The minimum Gasteiger partial charge on any atom is -0.512 e. The fourth-order valence-electron chi connectivity index (χ4n) is 1.78. The van der Waals surface area contributed by atoms with Crippen LogP contribution in [0.4, 0.5) is 0 Å². The quantitative estimate of drug-likeness (QED) is 0.369. The van der Waals surface area contributed by atoms with E-state index in [4.69, 9.17) is 5.53 Å². The molecule has 1 N–H and O–H groups in total. The van der Waals surface area contributed by atoms with E-state index in [1.165, 1.54) is 0 Å². The minimum absolute atomic E-state index is 0.0150. The molecule has 0 fully saturated rings. The van der Waals surface area contributed by atoms with Crippen LogP contribution < -0.4 is 5.30 Å². The van der Waals surface area contributed by atoms with Gasteiger partial charge in [0.2, 0.25) is 0 Å². The summed E-state index contributed by atoms with van der Waals surface area (Å²) in [5, 5.41) is 13.6. The minimum atomic E-state index is -2.90. The van der Waals surface area contributed by atoms with Crippen LogP contribution in [0.5, 0.6) is 0 Å². The molecule has 0 aromatic heterocycles. The van der Waals surface area contributed by atoms with Crippen molar-refractivity contribution in [3.05, 3.63) is 52.0 Å². The molecule has 0 aliphatic carbocycles. The van der Waals surface area contributed by atoms with E-state index >= 15 is 0 Å². The summed E-state index contributed by atoms with van der Waals surface area (Å²) in [6.45, 7) is 0. The lowest BCUT2D eigenvalue weighted by Crippen LogP contribution is -2.04. The zero-order valence-electron chi connectivity index (χ0n) is 8.45. The van der Waals surface area contributed by atoms with Crippen LogP contribution >= 0.6 is 7.14 Å². The van der Waals surface area contributed by atoms with E-state index < -0.39 is 7.14 Å². The molecule has 1 atom stereocenters. The van der Waals surface area contributed by atoms with Gasteiger partial charge in [0, 0.05) is 22.8 Å². The fourth-order valence-corrected chi connectivity index (χ4v) is 4.39. The molecule has 0 bridgehead atoms. The van der Waals surface area contributed by atoms with E-state index in [2.05, 4.69) is 10.0 Å². The molecule has 0 amide bonds. The zero-order chi connectivity index (χ0) is 11.6. The highest BCUT2D eigenvalue weighted by atomic mass is 31.2. The Bertz CT molecular complexity index is 532. The van der Waals surface area contributed by atoms with Gasteiger partial charge < -0.3 is 9.67 Å². The van der Waals surface area contributed by atoms with Gasteiger partial charge in [-0.2, -0.15) is 0 Å². The van der Waals surface area contributed by atoms with Crippen LogP contribution in [0.1, 0.15) is 6.42 Å². The maximum Gasteiger partial charge on any atom is 0.149 e. The van der Waals surface area contributed by atoms with Gasteiger partial charge in [0.15, 0.2) is 0 Å². The number of aliphatic hydroxyl groups excluding tert-OH is 1. The molecule has 0 saturated carbocycles. The molecular formula is C10H10N3O2P. The van der Waals surface area contributed by atoms with Gasteiger partial charge in [-0.15, -0.1) is 0 Å². The molecular weight excluding hydrogens is 225 g/mol. The third kappa shape index (κ3) is 1.60. The maximum atomic E-state index is 12.7. The predicted molar refractivity (Wildman–Crippen MR) is 62.0 cm³/mol. The lowest BCUT2D eigenvalue weighted by molar-refractivity contribution is 0.395. The van der Waals surface area contributed by atoms with Gasteiger partial charge >= 0.3 is 0 Å². The monoisotopic (exact) mass is 235 g/mol. The van der Waals surface area contributed by atoms with Crippen molar-refractivity contribution in [3.8, 4) is 0 Å². The van der Waals surface area contributed by atoms with E-state index in [1.807, 2.05) is 6.07 Å². The van der Waals surface area contributed by atoms with Crippen molar-refractivity contribution in [2.45, 2.75) is 6.42 Å². The van der Waals surface area contributed by atoms with Crippen LogP contribution in [-0.4, -0.2) is 11.3 Å². The topological polar surface area (TPSA) is 86.1 Å². The lowest BCUT2D eigenvalue weighted by atomic mass is 10.4. The number of allylic oxidation sites excluding steroid dienone is 1. The Morgan fingerprint density at radius 1 is 1.38 bits per heavy atom. The highest BCUT2D eigenvalue weighted by Gasteiger charge is 2.36. The van der Waals surface area contributed by atoms with Crippen LogP contribution in [-0.2, 0) is 4.57 Å². The SMILES string of the molecule is [N-]=[N+]=NC1=C(O)CCP1(=O)c1ccccc1. The molecule has 2 rings (SSSR count). The summed E-state index contributed by atoms with van der Waals surface area (Å²) in [6.07, 6.45) is 0.637. The Morgan fingerprint density at radius 2 is 2.06 bits per heavy atom. The normalized spacial score (nSPS) is 24.2. The summed E-state index contributed by atoms with van der Waals surface area (Å²) in [4.78, 5) is 2.62. The summed E-state index contributed by atoms with van der Waals surface area (Å²) >= 11 is 0. The van der Waals surface area contributed by atoms with Crippen LogP contribution in [0.2, 0.25) is 0 Å². The molecule has 6 heteroatoms. The van der Waals surface area contributed by atoms with E-state index in [-0.39, 0.29) is 11.2 Å². The van der Waals surface area contributed by atoms with Crippen molar-refractivity contribution in [1.29, 1.82) is 0 Å². The predicted octanol–water partition coefficient (Wildman–Crippen LogP) is 3.12. The first-order chi connectivity index (χ1) is 7.68. The summed E-state index contributed by atoms with van der Waals surface area (Å²) < 4.78 is 12.7. The number of rotatable bonds is 2. The van der Waals surface area contributed by atoms with Crippen molar-refractivity contribution in [1.82, 2.24) is 0 Å². The average Bonchev–Trinajstić information content (AvgIpc) is 2.60. The fraction of sp³-hybridized carbons (Fsp3) is 0.200. The van der Waals surface area contributed by atoms with Crippen LogP contribution in [0, 0.1) is 0 Å². The molecule has 1 aromatic carbocycles. The Kier molecular flexibility index (Phi) is 2.73. The Balaban J connectivity index is 2.56. The van der Waals surface area contributed by atoms with E-state index in [0.717, 1.165) is 0 Å². The van der Waals surface area contributed by atoms with Gasteiger partial charge in [-0.3, -0.25) is 0 Å². The molecule has 1 aliphatic rings. The zero-order valence-corrected chi connectivity index (χ0v) is 9.34. The van der Waals surface area contributed by atoms with Crippen LogP contribution in [0.25, 0.3) is 10.4 Å². The van der Waals surface area contributed by atoms with Crippen molar-refractivity contribution in [3.63, 3.8) is 0 Å². The van der Waals surface area contributed by atoms with E-state index in [0.29, 0.717) is 17.9 Å². The van der Waals surface area contributed by atoms with Gasteiger partial charge in [-0.1, -0.05) is 35.4 Å². The van der Waals surface area contributed by atoms with Crippen LogP contribution in [0.3, 0.4) is 0 Å².